The summed E-state index contributed by atoms with van der Waals surface area (Å²) in [5.74, 6) is 0.183. The second-order valence-electron chi connectivity index (χ2n) is 7.03. The Labute approximate surface area is 161 Å². The van der Waals surface area contributed by atoms with Crippen molar-refractivity contribution >= 4 is 10.0 Å². The smallest absolute Gasteiger partial charge is 0.216 e. The molecule has 0 radical (unpaired) electrons. The monoisotopic (exact) mass is 403 g/mol. The predicted octanol–water partition coefficient (Wildman–Crippen LogP) is 3.07. The molecule has 0 bridgehead atoms. The summed E-state index contributed by atoms with van der Waals surface area (Å²) >= 11 is 0. The molecule has 2 rings (SSSR count). The molecule has 1 fully saturated rings. The van der Waals surface area contributed by atoms with Crippen LogP contribution in [0.2, 0.25) is 0 Å². The van der Waals surface area contributed by atoms with Gasteiger partial charge in [0.2, 0.25) is 10.0 Å². The molecule has 1 N–H and O–H groups in total. The lowest BCUT2D eigenvalue weighted by Crippen LogP contribution is -2.37. The summed E-state index contributed by atoms with van der Waals surface area (Å²) in [4.78, 5) is 0. The zero-order valence-corrected chi connectivity index (χ0v) is 16.9. The van der Waals surface area contributed by atoms with Gasteiger partial charge in [-0.3, -0.25) is 0 Å². The predicted molar refractivity (Wildman–Crippen MR) is 101 cm³/mol. The van der Waals surface area contributed by atoms with Crippen LogP contribution in [-0.2, 0) is 14.8 Å². The van der Waals surface area contributed by atoms with E-state index in [2.05, 4.69) is 0 Å². The Bertz CT molecular complexity index is 693. The highest BCUT2D eigenvalue weighted by Gasteiger charge is 2.29. The number of methoxy groups -OCH3 is 1. The van der Waals surface area contributed by atoms with Gasteiger partial charge in [0.25, 0.3) is 0 Å². The number of benzene rings is 1. The molecule has 8 heteroatoms. The average molecular weight is 404 g/mol. The summed E-state index contributed by atoms with van der Waals surface area (Å²) in [5.41, 5.74) is 0.651. The Morgan fingerprint density at radius 1 is 1.30 bits per heavy atom. The third kappa shape index (κ3) is 6.71. The van der Waals surface area contributed by atoms with Crippen molar-refractivity contribution in [2.75, 3.05) is 32.8 Å². The molecule has 1 unspecified atom stereocenters. The van der Waals surface area contributed by atoms with Crippen LogP contribution in [0.1, 0.15) is 50.6 Å². The molecular formula is C19H30FNO5S. The first-order valence-electron chi connectivity index (χ1n) is 9.40. The van der Waals surface area contributed by atoms with Crippen molar-refractivity contribution in [1.29, 1.82) is 0 Å². The van der Waals surface area contributed by atoms with Gasteiger partial charge < -0.3 is 14.6 Å². The minimum atomic E-state index is -3.56. The Kier molecular flexibility index (Phi) is 8.47. The fourth-order valence-electron chi connectivity index (χ4n) is 2.80. The van der Waals surface area contributed by atoms with Gasteiger partial charge in [0.05, 0.1) is 12.4 Å². The molecular weight excluding hydrogens is 373 g/mol. The van der Waals surface area contributed by atoms with Crippen molar-refractivity contribution in [3.05, 3.63) is 29.6 Å². The number of unbranched alkanes of at least 4 members (excludes halogenated alkanes) is 2. The molecule has 0 aliphatic heterocycles. The van der Waals surface area contributed by atoms with Crippen LogP contribution in [0, 0.1) is 11.7 Å². The summed E-state index contributed by atoms with van der Waals surface area (Å²) in [6, 6.07) is 3.95. The Morgan fingerprint density at radius 2 is 2.04 bits per heavy atom. The fourth-order valence-corrected chi connectivity index (χ4v) is 4.47. The third-order valence-corrected chi connectivity index (χ3v) is 6.66. The van der Waals surface area contributed by atoms with Gasteiger partial charge in [0, 0.05) is 19.8 Å². The van der Waals surface area contributed by atoms with Crippen LogP contribution in [0.5, 0.6) is 5.75 Å². The summed E-state index contributed by atoms with van der Waals surface area (Å²) in [6.45, 7) is 2.21. The van der Waals surface area contributed by atoms with Gasteiger partial charge in [-0.05, 0) is 56.2 Å². The van der Waals surface area contributed by atoms with Gasteiger partial charge in [-0.25, -0.2) is 12.8 Å². The van der Waals surface area contributed by atoms with Gasteiger partial charge in [0.15, 0.2) is 11.6 Å². The second kappa shape index (κ2) is 10.4. The molecule has 1 saturated carbocycles. The summed E-state index contributed by atoms with van der Waals surface area (Å²) < 4.78 is 51.5. The minimum Gasteiger partial charge on any atom is -0.490 e. The number of sulfonamides is 1. The first-order chi connectivity index (χ1) is 12.9. The highest BCUT2D eigenvalue weighted by molar-refractivity contribution is 7.89. The van der Waals surface area contributed by atoms with Crippen LogP contribution in [0.15, 0.2) is 18.2 Å². The Morgan fingerprint density at radius 3 is 2.67 bits per heavy atom. The molecule has 1 aliphatic rings. The summed E-state index contributed by atoms with van der Waals surface area (Å²) in [6.07, 6.45) is 3.90. The van der Waals surface area contributed by atoms with E-state index in [1.54, 1.807) is 19.1 Å². The summed E-state index contributed by atoms with van der Waals surface area (Å²) in [7, 11) is -2.12. The van der Waals surface area contributed by atoms with Crippen molar-refractivity contribution in [3.8, 4) is 5.75 Å². The Balaban J connectivity index is 2.12. The van der Waals surface area contributed by atoms with Gasteiger partial charge in [0.1, 0.15) is 6.73 Å². The highest BCUT2D eigenvalue weighted by Crippen LogP contribution is 2.32. The molecule has 1 aromatic carbocycles. The molecule has 154 valence electrons. The lowest BCUT2D eigenvalue weighted by atomic mass is 10.1. The normalized spacial score (nSPS) is 15.9. The number of hydrogen-bond acceptors (Lipinski definition) is 5. The standard InChI is InChI=1S/C19H30FNO5S/c1-15(21(14-25-2)27(23,24)11-5-3-4-10-22)17-8-9-18(20)19(12-17)26-13-16-6-7-16/h8-9,12,15-16,22H,3-7,10-11,13-14H2,1-2H3. The summed E-state index contributed by atoms with van der Waals surface area (Å²) in [5, 5.41) is 8.83. The molecule has 0 spiro atoms. The Hall–Kier alpha value is -1.22. The maximum absolute atomic E-state index is 14.0. The first-order valence-corrected chi connectivity index (χ1v) is 11.0. The van der Waals surface area contributed by atoms with E-state index in [-0.39, 0.29) is 24.8 Å². The molecule has 0 amide bonds. The van der Waals surface area contributed by atoms with Gasteiger partial charge in [-0.15, -0.1) is 0 Å². The zero-order chi connectivity index (χ0) is 19.9. The van der Waals surface area contributed by atoms with E-state index < -0.39 is 21.9 Å². The van der Waals surface area contributed by atoms with Gasteiger partial charge >= 0.3 is 0 Å². The van der Waals surface area contributed by atoms with Crippen molar-refractivity contribution in [1.82, 2.24) is 4.31 Å². The molecule has 0 heterocycles. The highest BCUT2D eigenvalue weighted by atomic mass is 32.2. The van der Waals surface area contributed by atoms with E-state index in [0.717, 1.165) is 12.8 Å². The maximum Gasteiger partial charge on any atom is 0.216 e. The van der Waals surface area contributed by atoms with Crippen LogP contribution >= 0.6 is 0 Å². The van der Waals surface area contributed by atoms with Crippen LogP contribution in [0.4, 0.5) is 4.39 Å². The van der Waals surface area contributed by atoms with E-state index in [9.17, 15) is 12.8 Å². The van der Waals surface area contributed by atoms with Crippen molar-refractivity contribution in [2.45, 2.75) is 45.1 Å². The molecule has 6 nitrogen and oxygen atoms in total. The molecule has 27 heavy (non-hydrogen) atoms. The number of nitrogens with zero attached hydrogens (tertiary/aromatic N) is 1. The second-order valence-corrected chi connectivity index (χ2v) is 9.07. The van der Waals surface area contributed by atoms with E-state index in [4.69, 9.17) is 14.6 Å². The lowest BCUT2D eigenvalue weighted by Gasteiger charge is -2.28. The van der Waals surface area contributed by atoms with E-state index >= 15 is 0 Å². The third-order valence-electron chi connectivity index (χ3n) is 4.72. The largest absolute Gasteiger partial charge is 0.490 e. The quantitative estimate of drug-likeness (QED) is 0.405. The SMILES string of the molecule is COCN(C(C)c1ccc(F)c(OCC2CC2)c1)S(=O)(=O)CCCCCO. The lowest BCUT2D eigenvalue weighted by molar-refractivity contribution is 0.0973. The average Bonchev–Trinajstić information content (AvgIpc) is 3.46. The van der Waals surface area contributed by atoms with Crippen molar-refractivity contribution < 1.29 is 27.4 Å². The molecule has 0 saturated heterocycles. The van der Waals surface area contributed by atoms with Crippen LogP contribution in [0.25, 0.3) is 0 Å². The van der Waals surface area contributed by atoms with E-state index in [1.807, 2.05) is 0 Å². The molecule has 1 aromatic rings. The number of hydrogen-bond donors (Lipinski definition) is 1. The molecule has 1 aliphatic carbocycles. The maximum atomic E-state index is 14.0. The fraction of sp³-hybridized carbons (Fsp3) is 0.684. The van der Waals surface area contributed by atoms with Crippen LogP contribution in [-0.4, -0.2) is 50.6 Å². The van der Waals surface area contributed by atoms with Gasteiger partial charge in [-0.2, -0.15) is 4.31 Å². The van der Waals surface area contributed by atoms with E-state index in [1.165, 1.54) is 17.5 Å². The van der Waals surface area contributed by atoms with Gasteiger partial charge in [-0.1, -0.05) is 12.5 Å². The topological polar surface area (TPSA) is 76.1 Å². The minimum absolute atomic E-state index is 0.0209. The molecule has 1 atom stereocenters. The number of halogens is 1. The first kappa shape index (κ1) is 22.1. The number of ether oxygens (including phenoxy) is 2. The number of rotatable bonds is 13. The zero-order valence-electron chi connectivity index (χ0n) is 16.1. The van der Waals surface area contributed by atoms with Crippen LogP contribution < -0.4 is 4.74 Å². The number of aliphatic hydroxyl groups excluding tert-OH is 1. The number of aliphatic hydroxyl groups is 1. The molecule has 0 aromatic heterocycles. The van der Waals surface area contributed by atoms with Crippen molar-refractivity contribution in [3.63, 3.8) is 0 Å². The van der Waals surface area contributed by atoms with E-state index in [0.29, 0.717) is 37.4 Å². The van der Waals surface area contributed by atoms with Crippen molar-refractivity contribution in [2.24, 2.45) is 5.92 Å². The van der Waals surface area contributed by atoms with Crippen LogP contribution in [0.3, 0.4) is 0 Å².